The van der Waals surface area contributed by atoms with E-state index in [-0.39, 0.29) is 147 Å². The van der Waals surface area contributed by atoms with Crippen LogP contribution in [0.2, 0.25) is 0 Å². The van der Waals surface area contributed by atoms with E-state index in [1.807, 2.05) is 0 Å². The molecule has 0 amide bonds. The molecule has 21 unspecified atom stereocenters. The van der Waals surface area contributed by atoms with Crippen molar-refractivity contribution in [3.05, 3.63) is 18.2 Å². The summed E-state index contributed by atoms with van der Waals surface area (Å²) in [5, 5.41) is 54.1. The summed E-state index contributed by atoms with van der Waals surface area (Å²) in [7, 11) is -26.1. The zero-order valence-corrected chi connectivity index (χ0v) is 61.7. The van der Waals surface area contributed by atoms with E-state index in [9.17, 15) is 78.2 Å². The number of benzene rings is 1. The van der Waals surface area contributed by atoms with Crippen molar-refractivity contribution in [1.82, 2.24) is 81.9 Å². The first kappa shape index (κ1) is 76.3. The Morgan fingerprint density at radius 3 is 1.64 bits per heavy atom. The summed E-state index contributed by atoms with van der Waals surface area (Å²) in [6.07, 6.45) is 1.49. The Balaban J connectivity index is 0.810. The fourth-order valence-electron chi connectivity index (χ4n) is 17.5. The van der Waals surface area contributed by atoms with Crippen molar-refractivity contribution in [2.24, 2.45) is 41.4 Å². The van der Waals surface area contributed by atoms with E-state index >= 15 is 0 Å². The molecule has 44 heteroatoms. The third kappa shape index (κ3) is 16.6. The van der Waals surface area contributed by atoms with Gasteiger partial charge in [0.15, 0.2) is 19.7 Å². The van der Waals surface area contributed by atoms with Gasteiger partial charge in [-0.15, -0.1) is 0 Å². The lowest BCUT2D eigenvalue weighted by Gasteiger charge is -2.48. The van der Waals surface area contributed by atoms with Crippen molar-refractivity contribution in [3.63, 3.8) is 0 Å². The van der Waals surface area contributed by atoms with E-state index in [2.05, 4.69) is 92.5 Å². The number of hydrogen-bond acceptors (Lipinski definition) is 32. The number of aliphatic hydroxyl groups excluding tert-OH is 2. The Kier molecular flexibility index (Phi) is 22.7. The molecule has 0 radical (unpaired) electrons. The summed E-state index contributed by atoms with van der Waals surface area (Å²) in [4.78, 5) is 12.9. The van der Waals surface area contributed by atoms with Gasteiger partial charge in [0.2, 0.25) is 47.9 Å². The monoisotopic (exact) mass is 1550 g/mol. The Hall–Kier alpha value is -3.40. The van der Waals surface area contributed by atoms with Crippen LogP contribution in [0.1, 0.15) is 97.3 Å². The molecule has 6 bridgehead atoms. The van der Waals surface area contributed by atoms with Gasteiger partial charge in [-0.2, -0.15) is 47.3 Å². The molecule has 1 aromatic carbocycles. The Bertz CT molecular complexity index is 4140. The van der Waals surface area contributed by atoms with Crippen molar-refractivity contribution in [1.29, 1.82) is 0 Å². The van der Waals surface area contributed by atoms with E-state index in [1.165, 1.54) is 18.7 Å². The van der Waals surface area contributed by atoms with Crippen molar-refractivity contribution in [2.75, 3.05) is 85.5 Å². The lowest BCUT2D eigenvalue weighted by atomic mass is 9.76. The zero-order valence-electron chi connectivity index (χ0n) is 56.0. The van der Waals surface area contributed by atoms with Crippen molar-refractivity contribution < 1.29 is 78.2 Å². The summed E-state index contributed by atoms with van der Waals surface area (Å²) in [5.74, 6) is -3.08. The van der Waals surface area contributed by atoms with Gasteiger partial charge in [-0.3, -0.25) is 41.0 Å². The summed E-state index contributed by atoms with van der Waals surface area (Å²) < 4.78 is 215. The van der Waals surface area contributed by atoms with Crippen LogP contribution in [0.5, 0.6) is 0 Å². The molecule has 3 aliphatic carbocycles. The van der Waals surface area contributed by atoms with Crippen LogP contribution in [0.3, 0.4) is 0 Å². The maximum atomic E-state index is 14.7. The number of piperidine rings is 1. The first-order chi connectivity index (χ1) is 47.0. The second-order valence-corrected chi connectivity index (χ2v) is 42.3. The Morgan fingerprint density at radius 1 is 0.550 bits per heavy atom. The van der Waals surface area contributed by atoms with Crippen LogP contribution in [-0.4, -0.2) is 256 Å². The average Bonchev–Trinajstić information content (AvgIpc) is 1.55. The third-order valence-electron chi connectivity index (χ3n) is 22.0. The summed E-state index contributed by atoms with van der Waals surface area (Å²) in [5.41, 5.74) is 3.39. The molecule has 12 rings (SSSR count). The van der Waals surface area contributed by atoms with Gasteiger partial charge in [-0.1, -0.05) is 0 Å². The van der Waals surface area contributed by atoms with Crippen molar-refractivity contribution in [3.8, 4) is 0 Å². The molecule has 37 nitrogen and oxygen atoms in total. The number of aromatic nitrogens is 3. The number of fused-ring (bicyclic) bond motifs is 16. The van der Waals surface area contributed by atoms with E-state index in [4.69, 9.17) is 0 Å². The quantitative estimate of drug-likeness (QED) is 0.0297. The standard InChI is InChI=1S/C56H97N19O18S7/c1-30(28-76)70-96(82,83)22-6-20-94(78,79)32-9-13-36-40(24-32)48-61-46(36)62-49-45-39(8-5-17-57-45)47(63-49)64-52-41-25-33(95(80,81)21-7-23-97(84,85)71-31(2)29-77)10-14-38(41)51-66-53-42-26-34(11-15-37(42)50(65-48)74(53)72-75(51)52)98(86,87)59-19-18-58-54-67-55(69-56(68-54)73(3)4)60-43-27-35(99(88,89)90)12-16-44(43)100(91,92)93/h12,16,27,30-34,36-42,45-53,57,59,61-66,70-72,76-77H,5-11,13-15,17-26,28-29H2,1-4H3,(H,88,89,90)(H,91,92,93)(H2,58,60,67,68,69). The molecule has 7 saturated heterocycles. The molecule has 1 aromatic heterocycles. The predicted octanol–water partition coefficient (Wildman–Crippen LogP) is -4.31. The second kappa shape index (κ2) is 29.7. The molecule has 100 heavy (non-hydrogen) atoms. The highest BCUT2D eigenvalue weighted by molar-refractivity contribution is 7.92. The van der Waals surface area contributed by atoms with Crippen LogP contribution >= 0.6 is 0 Å². The van der Waals surface area contributed by atoms with Gasteiger partial charge < -0.3 is 31.1 Å². The predicted molar refractivity (Wildman–Crippen MR) is 367 cm³/mol. The maximum Gasteiger partial charge on any atom is 0.296 e. The first-order valence-electron chi connectivity index (χ1n) is 34.3. The molecule has 2 aromatic rings. The van der Waals surface area contributed by atoms with Crippen LogP contribution in [-0.2, 0) is 70.0 Å². The molecule has 21 atom stereocenters. The van der Waals surface area contributed by atoms with Gasteiger partial charge in [-0.05, 0) is 158 Å². The number of hydrazine groups is 2. The Labute approximate surface area is 585 Å². The number of hydrogen-bond donors (Lipinski definition) is 17. The topological polar surface area (TPSA) is 525 Å². The number of sulfonamides is 3. The van der Waals surface area contributed by atoms with E-state index in [1.54, 1.807) is 14.1 Å². The highest BCUT2D eigenvalue weighted by atomic mass is 32.2. The van der Waals surface area contributed by atoms with Gasteiger partial charge in [0.1, 0.15) is 4.90 Å². The fourth-order valence-corrected chi connectivity index (χ4v) is 26.9. The number of sulfone groups is 2. The molecule has 7 aliphatic heterocycles. The SMILES string of the molecule is CC(CO)NS(=O)(=O)CCCS(=O)(=O)C1CCC2C3NC(NC4C5CCC(S(=O)(=O)NCCNc6nc(Nc7cc(S(=O)(=O)O)ccc7S(=O)(=O)O)nc(N(C)C)n6)CC5C5NC6C7CCC(S(=O)(=O)CCCS(=O)(=O)NC(C)CO)CC7C(NC7NC(N3)C3NCCCC73)N6NN45)C2C1. The minimum atomic E-state index is -4.96. The largest absolute Gasteiger partial charge is 0.395 e. The second-order valence-electron chi connectivity index (χ2n) is 28.9. The van der Waals surface area contributed by atoms with Crippen molar-refractivity contribution >= 4 is 93.5 Å². The summed E-state index contributed by atoms with van der Waals surface area (Å²) in [6, 6.07) is 0.812. The minimum Gasteiger partial charge on any atom is -0.395 e. The molecule has 566 valence electrons. The maximum absolute atomic E-state index is 14.7. The van der Waals surface area contributed by atoms with E-state index in [0.29, 0.717) is 32.1 Å². The van der Waals surface area contributed by atoms with Crippen LogP contribution in [0.15, 0.2) is 28.0 Å². The first-order valence-corrected chi connectivity index (χ1v) is 45.5. The van der Waals surface area contributed by atoms with Gasteiger partial charge in [0, 0.05) is 51.2 Å². The Morgan fingerprint density at radius 2 is 1.06 bits per heavy atom. The number of rotatable bonds is 27. The van der Waals surface area contributed by atoms with Gasteiger partial charge in [-0.25, -0.2) is 56.3 Å². The molecule has 8 heterocycles. The normalized spacial score (nSPS) is 34.8. The highest BCUT2D eigenvalue weighted by Gasteiger charge is 2.64. The smallest absolute Gasteiger partial charge is 0.296 e. The van der Waals surface area contributed by atoms with Gasteiger partial charge in [0.05, 0.1) is 112 Å². The molecule has 10 aliphatic rings. The number of aliphatic hydroxyl groups is 2. The van der Waals surface area contributed by atoms with Crippen molar-refractivity contribution in [2.45, 2.75) is 190 Å². The molecule has 17 N–H and O–H groups in total. The average molecular weight is 1550 g/mol. The van der Waals surface area contributed by atoms with Crippen LogP contribution < -0.4 is 72.5 Å². The third-order valence-corrected chi connectivity index (χ3v) is 33.5. The lowest BCUT2D eigenvalue weighted by Crippen LogP contribution is -2.75. The fraction of sp³-hybridized carbons (Fsp3) is 0.839. The molecular weight excluding hydrogens is 1450 g/mol. The van der Waals surface area contributed by atoms with Gasteiger partial charge >= 0.3 is 0 Å². The molecule has 3 saturated carbocycles. The highest BCUT2D eigenvalue weighted by Crippen LogP contribution is 2.52. The number of anilines is 4. The molecular formula is C56H97N19O18S7. The van der Waals surface area contributed by atoms with E-state index in [0.717, 1.165) is 37.6 Å². The molecule has 10 fully saturated rings. The zero-order chi connectivity index (χ0) is 71.8. The minimum absolute atomic E-state index is 0.0298. The summed E-state index contributed by atoms with van der Waals surface area (Å²) >= 11 is 0. The van der Waals surface area contributed by atoms with Crippen LogP contribution in [0.4, 0.5) is 23.5 Å². The van der Waals surface area contributed by atoms with Crippen LogP contribution in [0, 0.1) is 41.4 Å². The molecule has 0 spiro atoms. The number of nitrogens with zero attached hydrogens (tertiary/aromatic N) is 6. The van der Waals surface area contributed by atoms with Crippen LogP contribution in [0.25, 0.3) is 0 Å². The van der Waals surface area contributed by atoms with Gasteiger partial charge in [0.25, 0.3) is 20.2 Å². The summed E-state index contributed by atoms with van der Waals surface area (Å²) in [6.45, 7) is 2.74. The number of nitrogens with one attached hydrogen (secondary N) is 13. The lowest BCUT2D eigenvalue weighted by molar-refractivity contribution is -0.132. The van der Waals surface area contributed by atoms with E-state index < -0.39 is 169 Å².